The fraction of sp³-hybridized carbons (Fsp3) is 0.214. The molecule has 6 heteroatoms. The molecule has 2 amide bonds. The van der Waals surface area contributed by atoms with Gasteiger partial charge in [0.1, 0.15) is 5.75 Å². The summed E-state index contributed by atoms with van der Waals surface area (Å²) in [7, 11) is 0. The van der Waals surface area contributed by atoms with Gasteiger partial charge >= 0.3 is 0 Å². The Morgan fingerprint density at radius 1 is 0.882 bits per heavy atom. The SMILES string of the molecule is Cc1ccc(OCC(=O)Nc2ccc(N3CCN(C(=O)C=Cc4ccccc4)CC3)cc2)cc1. The van der Waals surface area contributed by atoms with E-state index in [1.54, 1.807) is 6.08 Å². The Balaban J connectivity index is 1.22. The normalized spacial score (nSPS) is 13.7. The molecule has 0 radical (unpaired) electrons. The number of nitrogens with one attached hydrogen (secondary N) is 1. The summed E-state index contributed by atoms with van der Waals surface area (Å²) in [5.74, 6) is 0.503. The van der Waals surface area contributed by atoms with Gasteiger partial charge in [0.2, 0.25) is 5.91 Å². The molecule has 0 bridgehead atoms. The highest BCUT2D eigenvalue weighted by atomic mass is 16.5. The van der Waals surface area contributed by atoms with Crippen LogP contribution in [0.3, 0.4) is 0 Å². The summed E-state index contributed by atoms with van der Waals surface area (Å²) < 4.78 is 5.53. The van der Waals surface area contributed by atoms with Crippen LogP contribution < -0.4 is 15.0 Å². The molecule has 1 saturated heterocycles. The molecule has 0 aromatic heterocycles. The number of anilines is 2. The summed E-state index contributed by atoms with van der Waals surface area (Å²) in [6.07, 6.45) is 3.50. The lowest BCUT2D eigenvalue weighted by Gasteiger charge is -2.35. The van der Waals surface area contributed by atoms with Crippen LogP contribution in [-0.2, 0) is 9.59 Å². The van der Waals surface area contributed by atoms with E-state index < -0.39 is 0 Å². The first kappa shape index (κ1) is 23.1. The first-order valence-corrected chi connectivity index (χ1v) is 11.4. The highest BCUT2D eigenvalue weighted by molar-refractivity contribution is 5.92. The van der Waals surface area contributed by atoms with Crippen molar-refractivity contribution in [1.82, 2.24) is 4.90 Å². The molecule has 0 atom stereocenters. The minimum atomic E-state index is -0.205. The highest BCUT2D eigenvalue weighted by Gasteiger charge is 2.19. The maximum absolute atomic E-state index is 12.5. The zero-order valence-corrected chi connectivity index (χ0v) is 19.3. The van der Waals surface area contributed by atoms with Crippen molar-refractivity contribution in [3.8, 4) is 5.75 Å². The van der Waals surface area contributed by atoms with Gasteiger partial charge in [-0.1, -0.05) is 48.0 Å². The summed E-state index contributed by atoms with van der Waals surface area (Å²) in [5.41, 5.74) is 3.95. The fourth-order valence-electron chi connectivity index (χ4n) is 3.76. The number of amides is 2. The van der Waals surface area contributed by atoms with Gasteiger partial charge in [0.15, 0.2) is 6.61 Å². The third kappa shape index (κ3) is 6.48. The quantitative estimate of drug-likeness (QED) is 0.538. The van der Waals surface area contributed by atoms with Crippen LogP contribution in [0.5, 0.6) is 5.75 Å². The molecule has 0 unspecified atom stereocenters. The Labute approximate surface area is 200 Å². The second-order valence-corrected chi connectivity index (χ2v) is 8.25. The summed E-state index contributed by atoms with van der Waals surface area (Å²) in [5, 5.41) is 2.86. The van der Waals surface area contributed by atoms with Crippen molar-refractivity contribution in [1.29, 1.82) is 0 Å². The number of benzene rings is 3. The number of hydrogen-bond acceptors (Lipinski definition) is 4. The standard InChI is InChI=1S/C28H29N3O3/c1-22-7-14-26(15-8-22)34-21-27(32)29-24-10-12-25(13-11-24)30-17-19-31(20-18-30)28(33)16-9-23-5-3-2-4-6-23/h2-16H,17-21H2,1H3,(H,29,32). The Hall–Kier alpha value is -4.06. The van der Waals surface area contributed by atoms with E-state index in [9.17, 15) is 9.59 Å². The minimum absolute atomic E-state index is 0.0365. The van der Waals surface area contributed by atoms with Gasteiger partial charge in [-0.15, -0.1) is 0 Å². The summed E-state index contributed by atoms with van der Waals surface area (Å²) in [4.78, 5) is 28.8. The number of aryl methyl sites for hydroxylation is 1. The maximum atomic E-state index is 12.5. The number of carbonyl (C=O) groups is 2. The number of nitrogens with zero attached hydrogens (tertiary/aromatic N) is 2. The third-order valence-electron chi connectivity index (χ3n) is 5.72. The van der Waals surface area contributed by atoms with Gasteiger partial charge in [0.25, 0.3) is 5.91 Å². The van der Waals surface area contributed by atoms with E-state index >= 15 is 0 Å². The molecule has 1 heterocycles. The van der Waals surface area contributed by atoms with Crippen molar-refractivity contribution in [2.75, 3.05) is 43.0 Å². The molecule has 1 aliphatic heterocycles. The second-order valence-electron chi connectivity index (χ2n) is 8.25. The summed E-state index contributed by atoms with van der Waals surface area (Å²) in [6, 6.07) is 25.2. The van der Waals surface area contributed by atoms with Gasteiger partial charge in [-0.2, -0.15) is 0 Å². The number of piperazine rings is 1. The largest absolute Gasteiger partial charge is 0.484 e. The van der Waals surface area contributed by atoms with E-state index in [1.807, 2.05) is 96.8 Å². The van der Waals surface area contributed by atoms with Crippen molar-refractivity contribution < 1.29 is 14.3 Å². The molecule has 3 aromatic rings. The van der Waals surface area contributed by atoms with E-state index in [1.165, 1.54) is 0 Å². The van der Waals surface area contributed by atoms with Crippen molar-refractivity contribution in [3.05, 3.63) is 96.1 Å². The van der Waals surface area contributed by atoms with Crippen LogP contribution in [0.25, 0.3) is 6.08 Å². The lowest BCUT2D eigenvalue weighted by molar-refractivity contribution is -0.126. The van der Waals surface area contributed by atoms with Gasteiger partial charge < -0.3 is 19.9 Å². The lowest BCUT2D eigenvalue weighted by atomic mass is 10.2. The average molecular weight is 456 g/mol. The lowest BCUT2D eigenvalue weighted by Crippen LogP contribution is -2.48. The smallest absolute Gasteiger partial charge is 0.262 e. The third-order valence-corrected chi connectivity index (χ3v) is 5.72. The fourth-order valence-corrected chi connectivity index (χ4v) is 3.76. The van der Waals surface area contributed by atoms with E-state index in [-0.39, 0.29) is 18.4 Å². The molecule has 1 aliphatic rings. The molecule has 0 spiro atoms. The molecule has 0 aliphatic carbocycles. The Morgan fingerprint density at radius 3 is 2.24 bits per heavy atom. The van der Waals surface area contributed by atoms with Crippen LogP contribution in [0.4, 0.5) is 11.4 Å². The van der Waals surface area contributed by atoms with Gasteiger partial charge in [-0.05, 0) is 55.0 Å². The van der Waals surface area contributed by atoms with Gasteiger partial charge in [-0.3, -0.25) is 9.59 Å². The molecule has 174 valence electrons. The Kier molecular flexibility index (Phi) is 7.60. The van der Waals surface area contributed by atoms with Crippen molar-refractivity contribution in [2.45, 2.75) is 6.92 Å². The van der Waals surface area contributed by atoms with Crippen LogP contribution in [-0.4, -0.2) is 49.5 Å². The van der Waals surface area contributed by atoms with Gasteiger partial charge in [-0.25, -0.2) is 0 Å². The predicted molar refractivity (Wildman–Crippen MR) is 136 cm³/mol. The minimum Gasteiger partial charge on any atom is -0.484 e. The van der Waals surface area contributed by atoms with Crippen molar-refractivity contribution in [2.24, 2.45) is 0 Å². The Bertz CT molecular complexity index is 1120. The monoisotopic (exact) mass is 455 g/mol. The zero-order valence-electron chi connectivity index (χ0n) is 19.3. The molecular formula is C28H29N3O3. The molecule has 34 heavy (non-hydrogen) atoms. The average Bonchev–Trinajstić information content (AvgIpc) is 2.88. The number of carbonyl (C=O) groups excluding carboxylic acids is 2. The second kappa shape index (κ2) is 11.2. The highest BCUT2D eigenvalue weighted by Crippen LogP contribution is 2.20. The molecule has 6 nitrogen and oxygen atoms in total. The van der Waals surface area contributed by atoms with Crippen LogP contribution in [0.15, 0.2) is 84.9 Å². The van der Waals surface area contributed by atoms with E-state index in [4.69, 9.17) is 4.74 Å². The molecule has 3 aromatic carbocycles. The maximum Gasteiger partial charge on any atom is 0.262 e. The number of ether oxygens (including phenoxy) is 1. The van der Waals surface area contributed by atoms with Crippen LogP contribution in [0.1, 0.15) is 11.1 Å². The topological polar surface area (TPSA) is 61.9 Å². The van der Waals surface area contributed by atoms with Gasteiger partial charge in [0.05, 0.1) is 0 Å². The van der Waals surface area contributed by atoms with E-state index in [0.29, 0.717) is 18.8 Å². The molecule has 1 fully saturated rings. The predicted octanol–water partition coefficient (Wildman–Crippen LogP) is 4.37. The van der Waals surface area contributed by atoms with Crippen LogP contribution >= 0.6 is 0 Å². The van der Waals surface area contributed by atoms with Crippen molar-refractivity contribution in [3.63, 3.8) is 0 Å². The number of hydrogen-bond donors (Lipinski definition) is 1. The molecular weight excluding hydrogens is 426 g/mol. The first-order chi connectivity index (χ1) is 16.6. The van der Waals surface area contributed by atoms with Crippen LogP contribution in [0.2, 0.25) is 0 Å². The van der Waals surface area contributed by atoms with Gasteiger partial charge in [0, 0.05) is 43.6 Å². The zero-order chi connectivity index (χ0) is 23.8. The number of rotatable bonds is 7. The van der Waals surface area contributed by atoms with E-state index in [2.05, 4.69) is 10.2 Å². The summed E-state index contributed by atoms with van der Waals surface area (Å²) >= 11 is 0. The Morgan fingerprint density at radius 2 is 1.56 bits per heavy atom. The summed E-state index contributed by atoms with van der Waals surface area (Å²) in [6.45, 7) is 4.84. The molecule has 0 saturated carbocycles. The molecule has 4 rings (SSSR count). The van der Waals surface area contributed by atoms with E-state index in [0.717, 1.165) is 35.6 Å². The first-order valence-electron chi connectivity index (χ1n) is 11.4. The van der Waals surface area contributed by atoms with Crippen LogP contribution in [0, 0.1) is 6.92 Å². The van der Waals surface area contributed by atoms with Crippen molar-refractivity contribution >= 4 is 29.3 Å². The molecule has 1 N–H and O–H groups in total.